The van der Waals surface area contributed by atoms with Gasteiger partial charge in [0.25, 0.3) is 0 Å². The third-order valence-corrected chi connectivity index (χ3v) is 3.48. The van der Waals surface area contributed by atoms with Gasteiger partial charge in [-0.05, 0) is 31.9 Å². The summed E-state index contributed by atoms with van der Waals surface area (Å²) < 4.78 is 5.66. The van der Waals surface area contributed by atoms with Crippen LogP contribution in [0.2, 0.25) is 0 Å². The van der Waals surface area contributed by atoms with Gasteiger partial charge in [0.05, 0.1) is 12.8 Å². The topological polar surface area (TPSA) is 28.4 Å². The Labute approximate surface area is 116 Å². The Morgan fingerprint density at radius 2 is 2.26 bits per heavy atom. The van der Waals surface area contributed by atoms with E-state index in [-0.39, 0.29) is 0 Å². The summed E-state index contributed by atoms with van der Waals surface area (Å²) in [6, 6.07) is 2.09. The molecule has 2 heterocycles. The van der Waals surface area contributed by atoms with Gasteiger partial charge in [-0.3, -0.25) is 4.90 Å². The predicted molar refractivity (Wildman–Crippen MR) is 78.9 cm³/mol. The zero-order valence-electron chi connectivity index (χ0n) is 12.4. The van der Waals surface area contributed by atoms with Crippen LogP contribution in [-0.4, -0.2) is 24.5 Å². The van der Waals surface area contributed by atoms with E-state index in [9.17, 15) is 0 Å². The van der Waals surface area contributed by atoms with Crippen LogP contribution in [0.25, 0.3) is 0 Å². The molecule has 0 fully saturated rings. The maximum absolute atomic E-state index is 5.66. The van der Waals surface area contributed by atoms with Crippen LogP contribution < -0.4 is 5.32 Å². The van der Waals surface area contributed by atoms with E-state index in [1.807, 2.05) is 6.26 Å². The summed E-state index contributed by atoms with van der Waals surface area (Å²) in [4.78, 5) is 2.46. The lowest BCUT2D eigenvalue weighted by molar-refractivity contribution is 0.256. The number of hydrogen-bond acceptors (Lipinski definition) is 3. The largest absolute Gasteiger partial charge is 0.468 e. The summed E-state index contributed by atoms with van der Waals surface area (Å²) in [5.74, 6) is 1.80. The molecular weight excluding hydrogens is 236 g/mol. The average Bonchev–Trinajstić information content (AvgIpc) is 2.76. The van der Waals surface area contributed by atoms with E-state index >= 15 is 0 Å². The van der Waals surface area contributed by atoms with Gasteiger partial charge in [0.2, 0.25) is 0 Å². The van der Waals surface area contributed by atoms with Crippen molar-refractivity contribution in [1.29, 1.82) is 0 Å². The lowest BCUT2D eigenvalue weighted by Gasteiger charge is -2.25. The zero-order chi connectivity index (χ0) is 13.7. The van der Waals surface area contributed by atoms with Gasteiger partial charge >= 0.3 is 0 Å². The SMILES string of the molecule is CC1=CCCN(Cc2occc2CNCC(C)C)C1. The molecule has 1 aromatic rings. The van der Waals surface area contributed by atoms with Crippen molar-refractivity contribution in [3.63, 3.8) is 0 Å². The summed E-state index contributed by atoms with van der Waals surface area (Å²) in [7, 11) is 0. The van der Waals surface area contributed by atoms with E-state index in [0.29, 0.717) is 5.92 Å². The number of furan rings is 1. The zero-order valence-corrected chi connectivity index (χ0v) is 12.4. The highest BCUT2D eigenvalue weighted by Gasteiger charge is 2.14. The molecule has 0 saturated heterocycles. The predicted octanol–water partition coefficient (Wildman–Crippen LogP) is 3.18. The molecular formula is C16H26N2O. The highest BCUT2D eigenvalue weighted by Crippen LogP contribution is 2.17. The maximum atomic E-state index is 5.66. The minimum Gasteiger partial charge on any atom is -0.468 e. The summed E-state index contributed by atoms with van der Waals surface area (Å²) in [5, 5.41) is 3.48. The van der Waals surface area contributed by atoms with Crippen LogP contribution in [0, 0.1) is 5.92 Å². The second kappa shape index (κ2) is 6.92. The van der Waals surface area contributed by atoms with Gasteiger partial charge in [0, 0.05) is 25.2 Å². The van der Waals surface area contributed by atoms with Crippen LogP contribution in [0.4, 0.5) is 0 Å². The number of hydrogen-bond donors (Lipinski definition) is 1. The van der Waals surface area contributed by atoms with Gasteiger partial charge in [-0.25, -0.2) is 0 Å². The second-order valence-electron chi connectivity index (χ2n) is 5.94. The van der Waals surface area contributed by atoms with Gasteiger partial charge in [-0.1, -0.05) is 25.5 Å². The van der Waals surface area contributed by atoms with Crippen molar-refractivity contribution in [2.45, 2.75) is 40.3 Å². The quantitative estimate of drug-likeness (QED) is 0.798. The van der Waals surface area contributed by atoms with E-state index in [4.69, 9.17) is 4.42 Å². The molecule has 3 nitrogen and oxygen atoms in total. The van der Waals surface area contributed by atoms with Gasteiger partial charge < -0.3 is 9.73 Å². The minimum atomic E-state index is 0.685. The standard InChI is InChI=1S/C16H26N2O/c1-13(2)9-17-10-15-6-8-19-16(15)12-18-7-4-5-14(3)11-18/h5-6,8,13,17H,4,7,9-12H2,1-3H3. The first-order valence-corrected chi connectivity index (χ1v) is 7.29. The Kier molecular flexibility index (Phi) is 5.23. The number of nitrogens with zero attached hydrogens (tertiary/aromatic N) is 1. The van der Waals surface area contributed by atoms with Crippen molar-refractivity contribution >= 4 is 0 Å². The minimum absolute atomic E-state index is 0.685. The molecule has 1 aliphatic heterocycles. The van der Waals surface area contributed by atoms with Gasteiger partial charge in [-0.15, -0.1) is 0 Å². The van der Waals surface area contributed by atoms with Gasteiger partial charge in [0.15, 0.2) is 0 Å². The third kappa shape index (κ3) is 4.51. The summed E-state index contributed by atoms with van der Waals surface area (Å²) >= 11 is 0. The third-order valence-electron chi connectivity index (χ3n) is 3.48. The van der Waals surface area contributed by atoms with Crippen LogP contribution >= 0.6 is 0 Å². The molecule has 2 rings (SSSR count). The molecule has 0 aliphatic carbocycles. The fourth-order valence-corrected chi connectivity index (χ4v) is 2.49. The van der Waals surface area contributed by atoms with E-state index in [2.05, 4.69) is 43.1 Å². The van der Waals surface area contributed by atoms with E-state index < -0.39 is 0 Å². The Hall–Kier alpha value is -1.06. The molecule has 0 aromatic carbocycles. The van der Waals surface area contributed by atoms with Crippen molar-refractivity contribution in [2.75, 3.05) is 19.6 Å². The Bertz CT molecular complexity index is 420. The molecule has 1 N–H and O–H groups in total. The molecule has 0 saturated carbocycles. The van der Waals surface area contributed by atoms with Crippen LogP contribution in [0.15, 0.2) is 28.4 Å². The first-order valence-electron chi connectivity index (χ1n) is 7.29. The smallest absolute Gasteiger partial charge is 0.122 e. The fraction of sp³-hybridized carbons (Fsp3) is 0.625. The first-order chi connectivity index (χ1) is 9.15. The second-order valence-corrected chi connectivity index (χ2v) is 5.94. The molecule has 0 unspecified atom stereocenters. The molecule has 1 aromatic heterocycles. The van der Waals surface area contributed by atoms with Gasteiger partial charge in [0.1, 0.15) is 5.76 Å². The van der Waals surface area contributed by atoms with Gasteiger partial charge in [-0.2, -0.15) is 0 Å². The monoisotopic (exact) mass is 262 g/mol. The fourth-order valence-electron chi connectivity index (χ4n) is 2.49. The molecule has 106 valence electrons. The lowest BCUT2D eigenvalue weighted by Crippen LogP contribution is -2.29. The molecule has 0 radical (unpaired) electrons. The Morgan fingerprint density at radius 1 is 1.42 bits per heavy atom. The number of nitrogens with one attached hydrogen (secondary N) is 1. The lowest BCUT2D eigenvalue weighted by atomic mass is 10.1. The molecule has 0 atom stereocenters. The Balaban J connectivity index is 1.87. The van der Waals surface area contributed by atoms with Crippen molar-refractivity contribution in [3.8, 4) is 0 Å². The summed E-state index contributed by atoms with van der Waals surface area (Å²) in [6.07, 6.45) is 5.31. The van der Waals surface area contributed by atoms with E-state index in [1.54, 1.807) is 0 Å². The molecule has 3 heteroatoms. The number of rotatable bonds is 6. The van der Waals surface area contributed by atoms with Crippen molar-refractivity contribution in [3.05, 3.63) is 35.3 Å². The highest BCUT2D eigenvalue weighted by molar-refractivity contribution is 5.17. The van der Waals surface area contributed by atoms with Crippen molar-refractivity contribution in [1.82, 2.24) is 10.2 Å². The van der Waals surface area contributed by atoms with E-state index in [0.717, 1.165) is 44.9 Å². The molecule has 1 aliphatic rings. The maximum Gasteiger partial charge on any atom is 0.122 e. The van der Waals surface area contributed by atoms with Crippen LogP contribution in [0.3, 0.4) is 0 Å². The molecule has 0 spiro atoms. The Morgan fingerprint density at radius 3 is 3.00 bits per heavy atom. The average molecular weight is 262 g/mol. The molecule has 0 amide bonds. The van der Waals surface area contributed by atoms with Crippen LogP contribution in [-0.2, 0) is 13.1 Å². The van der Waals surface area contributed by atoms with Crippen LogP contribution in [0.1, 0.15) is 38.5 Å². The van der Waals surface area contributed by atoms with Crippen molar-refractivity contribution < 1.29 is 4.42 Å². The first kappa shape index (κ1) is 14.4. The molecule has 0 bridgehead atoms. The normalized spacial score (nSPS) is 16.9. The molecule has 19 heavy (non-hydrogen) atoms. The van der Waals surface area contributed by atoms with Crippen LogP contribution in [0.5, 0.6) is 0 Å². The van der Waals surface area contributed by atoms with E-state index in [1.165, 1.54) is 11.1 Å². The van der Waals surface area contributed by atoms with Crippen molar-refractivity contribution in [2.24, 2.45) is 5.92 Å². The summed E-state index contributed by atoms with van der Waals surface area (Å²) in [6.45, 7) is 11.8. The summed E-state index contributed by atoms with van der Waals surface area (Å²) in [5.41, 5.74) is 2.77. The highest BCUT2D eigenvalue weighted by atomic mass is 16.3.